The highest BCUT2D eigenvalue weighted by Gasteiger charge is 2.38. The molecule has 0 spiro atoms. The number of ketones is 1. The van der Waals surface area contributed by atoms with Crippen LogP contribution >= 0.6 is 0 Å². The number of esters is 1. The molecular weight excluding hydrogens is 432 g/mol. The third kappa shape index (κ3) is 3.45. The van der Waals surface area contributed by atoms with Crippen LogP contribution in [0.3, 0.4) is 0 Å². The van der Waals surface area contributed by atoms with Gasteiger partial charge in [0.15, 0.2) is 23.0 Å². The van der Waals surface area contributed by atoms with Gasteiger partial charge in [-0.25, -0.2) is 4.79 Å². The van der Waals surface area contributed by atoms with Crippen molar-refractivity contribution >= 4 is 22.7 Å². The van der Waals surface area contributed by atoms with Gasteiger partial charge in [-0.05, 0) is 37.1 Å². The minimum atomic E-state index is -0.693. The molecule has 3 aromatic rings. The third-order valence-electron chi connectivity index (χ3n) is 5.72. The Labute approximate surface area is 188 Å². The zero-order valence-electron chi connectivity index (χ0n) is 18.7. The lowest BCUT2D eigenvalue weighted by atomic mass is 9.82. The number of rotatable bonds is 5. The second kappa shape index (κ2) is 8.16. The normalized spacial score (nSPS) is 15.1. The Balaban J connectivity index is 2.14. The van der Waals surface area contributed by atoms with Crippen molar-refractivity contribution in [2.24, 2.45) is 0 Å². The lowest BCUT2D eigenvalue weighted by Crippen LogP contribution is -2.24. The van der Waals surface area contributed by atoms with Crippen LogP contribution in [0.15, 0.2) is 27.4 Å². The van der Waals surface area contributed by atoms with Crippen LogP contribution in [0.25, 0.3) is 11.0 Å². The van der Waals surface area contributed by atoms with Gasteiger partial charge in [-0.3, -0.25) is 9.59 Å². The van der Waals surface area contributed by atoms with Gasteiger partial charge >= 0.3 is 11.6 Å². The van der Waals surface area contributed by atoms with Gasteiger partial charge in [0.05, 0.1) is 33.1 Å². The fourth-order valence-electron chi connectivity index (χ4n) is 4.32. The minimum Gasteiger partial charge on any atom is -0.506 e. The zero-order valence-corrected chi connectivity index (χ0v) is 18.7. The molecule has 0 saturated heterocycles. The predicted octanol–water partition coefficient (Wildman–Crippen LogP) is 3.48. The Morgan fingerprint density at radius 2 is 1.70 bits per heavy atom. The molecule has 0 aliphatic carbocycles. The summed E-state index contributed by atoms with van der Waals surface area (Å²) < 4.78 is 27.2. The Hall–Kier alpha value is -4.01. The number of carbonyl (C=O) groups excluding carboxylic acids is 2. The van der Waals surface area contributed by atoms with Crippen molar-refractivity contribution in [1.82, 2.24) is 0 Å². The van der Waals surface area contributed by atoms with Gasteiger partial charge in [-0.2, -0.15) is 0 Å². The first-order valence-corrected chi connectivity index (χ1v) is 10.1. The number of phenolic OH excluding ortho intramolecular Hbond substituents is 1. The largest absolute Gasteiger partial charge is 0.506 e. The van der Waals surface area contributed by atoms with E-state index >= 15 is 0 Å². The SMILES string of the molecule is COc1cc([C@@H]2CC(=O)Oc3c(C(C)=O)c(O)c4c(C)cc(=O)oc4c32)cc(OC)c1OC. The summed E-state index contributed by atoms with van der Waals surface area (Å²) in [6.45, 7) is 2.88. The highest BCUT2D eigenvalue weighted by molar-refractivity contribution is 6.09. The first kappa shape index (κ1) is 22.2. The summed E-state index contributed by atoms with van der Waals surface area (Å²) in [5.74, 6) is -1.26. The molecular formula is C24H22O9. The number of benzene rings is 2. The minimum absolute atomic E-state index is 0.0451. The van der Waals surface area contributed by atoms with Crippen LogP contribution in [0.2, 0.25) is 0 Å². The second-order valence-electron chi connectivity index (χ2n) is 7.66. The molecule has 2 heterocycles. The summed E-state index contributed by atoms with van der Waals surface area (Å²) in [5, 5.41) is 11.1. The van der Waals surface area contributed by atoms with Crippen molar-refractivity contribution in [2.45, 2.75) is 26.2 Å². The van der Waals surface area contributed by atoms with Gasteiger partial charge in [0, 0.05) is 17.5 Å². The van der Waals surface area contributed by atoms with E-state index in [4.69, 9.17) is 23.4 Å². The molecule has 1 N–H and O–H groups in total. The molecule has 0 bridgehead atoms. The second-order valence-corrected chi connectivity index (χ2v) is 7.66. The van der Waals surface area contributed by atoms with E-state index < -0.39 is 29.0 Å². The van der Waals surface area contributed by atoms with Gasteiger partial charge in [0.1, 0.15) is 16.9 Å². The number of aryl methyl sites for hydroxylation is 1. The molecule has 1 aromatic heterocycles. The van der Waals surface area contributed by atoms with Crippen molar-refractivity contribution in [3.63, 3.8) is 0 Å². The van der Waals surface area contributed by atoms with Gasteiger partial charge in [0.2, 0.25) is 5.75 Å². The average Bonchev–Trinajstić information content (AvgIpc) is 2.76. The number of ether oxygens (including phenoxy) is 4. The quantitative estimate of drug-likeness (QED) is 0.267. The summed E-state index contributed by atoms with van der Waals surface area (Å²) in [6, 6.07) is 4.57. The van der Waals surface area contributed by atoms with Crippen molar-refractivity contribution in [1.29, 1.82) is 0 Å². The summed E-state index contributed by atoms with van der Waals surface area (Å²) in [7, 11) is 4.40. The van der Waals surface area contributed by atoms with Crippen molar-refractivity contribution in [3.05, 3.63) is 50.9 Å². The van der Waals surface area contributed by atoms with Crippen LogP contribution in [0.1, 0.15) is 46.3 Å². The monoisotopic (exact) mass is 454 g/mol. The highest BCUT2D eigenvalue weighted by atomic mass is 16.5. The molecule has 0 radical (unpaired) electrons. The van der Waals surface area contributed by atoms with E-state index in [-0.39, 0.29) is 28.7 Å². The molecule has 0 unspecified atom stereocenters. The smallest absolute Gasteiger partial charge is 0.336 e. The number of phenols is 1. The number of fused-ring (bicyclic) bond motifs is 3. The molecule has 9 heteroatoms. The lowest BCUT2D eigenvalue weighted by Gasteiger charge is -2.28. The van der Waals surface area contributed by atoms with Crippen LogP contribution in [0.4, 0.5) is 0 Å². The van der Waals surface area contributed by atoms with E-state index in [1.807, 2.05) is 0 Å². The molecule has 172 valence electrons. The number of Topliss-reactive ketones (excluding diaryl/α,β-unsaturated/α-hetero) is 1. The van der Waals surface area contributed by atoms with Gasteiger partial charge in [-0.1, -0.05) is 0 Å². The molecule has 9 nitrogen and oxygen atoms in total. The molecule has 0 amide bonds. The van der Waals surface area contributed by atoms with E-state index in [2.05, 4.69) is 0 Å². The predicted molar refractivity (Wildman–Crippen MR) is 117 cm³/mol. The van der Waals surface area contributed by atoms with Crippen molar-refractivity contribution in [3.8, 4) is 28.7 Å². The van der Waals surface area contributed by atoms with Crippen LogP contribution in [0.5, 0.6) is 28.7 Å². The van der Waals surface area contributed by atoms with Crippen LogP contribution < -0.4 is 24.6 Å². The average molecular weight is 454 g/mol. The first-order valence-electron chi connectivity index (χ1n) is 10.1. The van der Waals surface area contributed by atoms with Gasteiger partial charge in [-0.15, -0.1) is 0 Å². The Kier molecular flexibility index (Phi) is 5.49. The molecule has 1 atom stereocenters. The maximum Gasteiger partial charge on any atom is 0.336 e. The topological polar surface area (TPSA) is 122 Å². The number of aromatic hydroxyl groups is 1. The van der Waals surface area contributed by atoms with E-state index in [0.717, 1.165) is 0 Å². The Bertz CT molecular complexity index is 1340. The molecule has 2 aromatic carbocycles. The van der Waals surface area contributed by atoms with Gasteiger partial charge < -0.3 is 28.5 Å². The fraction of sp³-hybridized carbons (Fsp3) is 0.292. The molecule has 1 aliphatic rings. The summed E-state index contributed by atoms with van der Waals surface area (Å²) >= 11 is 0. The molecule has 0 saturated carbocycles. The number of carbonyl (C=O) groups is 2. The van der Waals surface area contributed by atoms with E-state index in [9.17, 15) is 19.5 Å². The van der Waals surface area contributed by atoms with Crippen molar-refractivity contribution in [2.75, 3.05) is 21.3 Å². The Morgan fingerprint density at radius 1 is 1.06 bits per heavy atom. The molecule has 1 aliphatic heterocycles. The molecule has 0 fully saturated rings. The van der Waals surface area contributed by atoms with Crippen molar-refractivity contribution < 1.29 is 38.1 Å². The zero-order chi connectivity index (χ0) is 24.0. The lowest BCUT2D eigenvalue weighted by molar-refractivity contribution is -0.135. The standard InChI is InChI=1S/C24H22O9/c1-10-6-16(26)32-23-18(10)21(28)19(11(2)25)24-20(23)13(9-17(27)33-24)12-7-14(29-3)22(31-5)15(8-12)30-4/h6-8,13,28H,9H2,1-5H3/t13-/m0/s1. The number of methoxy groups -OCH3 is 3. The highest BCUT2D eigenvalue weighted by Crippen LogP contribution is 2.51. The van der Waals surface area contributed by atoms with Gasteiger partial charge in [0.25, 0.3) is 0 Å². The van der Waals surface area contributed by atoms with Crippen LogP contribution in [-0.2, 0) is 4.79 Å². The molecule has 33 heavy (non-hydrogen) atoms. The van der Waals surface area contributed by atoms with E-state index in [1.54, 1.807) is 19.1 Å². The first-order chi connectivity index (χ1) is 15.7. The summed E-state index contributed by atoms with van der Waals surface area (Å²) in [6.07, 6.45) is -0.111. The Morgan fingerprint density at radius 3 is 2.24 bits per heavy atom. The number of hydrogen-bond donors (Lipinski definition) is 1. The maximum absolute atomic E-state index is 12.6. The van der Waals surface area contributed by atoms with E-state index in [0.29, 0.717) is 33.9 Å². The number of hydrogen-bond acceptors (Lipinski definition) is 9. The summed E-state index contributed by atoms with van der Waals surface area (Å²) in [4.78, 5) is 37.3. The fourth-order valence-corrected chi connectivity index (χ4v) is 4.32. The molecule has 4 rings (SSSR count). The van der Waals surface area contributed by atoms with Crippen LogP contribution in [0, 0.1) is 6.92 Å². The third-order valence-corrected chi connectivity index (χ3v) is 5.72. The maximum atomic E-state index is 12.6. The van der Waals surface area contributed by atoms with E-state index in [1.165, 1.54) is 34.3 Å². The summed E-state index contributed by atoms with van der Waals surface area (Å²) in [5.41, 5.74) is 0.557. The van der Waals surface area contributed by atoms with Crippen LogP contribution in [-0.4, -0.2) is 38.2 Å².